The zero-order chi connectivity index (χ0) is 15.2. The van der Waals surface area contributed by atoms with E-state index in [-0.39, 0.29) is 11.8 Å². The largest absolute Gasteiger partial charge is 0.504 e. The van der Waals surface area contributed by atoms with Gasteiger partial charge in [-0.25, -0.2) is 0 Å². The molecule has 0 aliphatic heterocycles. The van der Waals surface area contributed by atoms with Crippen molar-refractivity contribution in [3.63, 3.8) is 0 Å². The van der Waals surface area contributed by atoms with E-state index >= 15 is 0 Å². The molecule has 4 heteroatoms. The predicted molar refractivity (Wildman–Crippen MR) is 88.1 cm³/mol. The first-order chi connectivity index (χ1) is 10.2. The molecule has 0 heterocycles. The van der Waals surface area contributed by atoms with Crippen LogP contribution in [0.15, 0.2) is 47.4 Å². The van der Waals surface area contributed by atoms with Crippen molar-refractivity contribution >= 4 is 11.8 Å². The van der Waals surface area contributed by atoms with Crippen molar-refractivity contribution in [3.8, 4) is 11.5 Å². The summed E-state index contributed by atoms with van der Waals surface area (Å²) in [6.07, 6.45) is 2.07. The fourth-order valence-electron chi connectivity index (χ4n) is 2.15. The molecular formula is C17H21NO2S. The summed E-state index contributed by atoms with van der Waals surface area (Å²) in [6.45, 7) is 2.71. The smallest absolute Gasteiger partial charge is 0.162 e. The van der Waals surface area contributed by atoms with Crippen LogP contribution in [0.2, 0.25) is 0 Å². The third kappa shape index (κ3) is 3.93. The summed E-state index contributed by atoms with van der Waals surface area (Å²) in [6, 6.07) is 14.3. The Morgan fingerprint density at radius 1 is 1.19 bits per heavy atom. The maximum atomic E-state index is 10.1. The molecule has 2 N–H and O–H groups in total. The van der Waals surface area contributed by atoms with Crippen LogP contribution in [0.1, 0.15) is 24.1 Å². The van der Waals surface area contributed by atoms with Gasteiger partial charge in [-0.05, 0) is 36.9 Å². The summed E-state index contributed by atoms with van der Waals surface area (Å²) < 4.78 is 5.12. The molecule has 112 valence electrons. The molecular weight excluding hydrogens is 282 g/mol. The van der Waals surface area contributed by atoms with E-state index in [1.54, 1.807) is 24.9 Å². The molecule has 0 bridgehead atoms. The Kier molecular flexibility index (Phi) is 5.53. The van der Waals surface area contributed by atoms with Gasteiger partial charge >= 0.3 is 0 Å². The van der Waals surface area contributed by atoms with Crippen LogP contribution in [0.4, 0.5) is 0 Å². The van der Waals surface area contributed by atoms with Gasteiger partial charge in [0.05, 0.1) is 7.11 Å². The quantitative estimate of drug-likeness (QED) is 0.792. The van der Waals surface area contributed by atoms with E-state index in [2.05, 4.69) is 42.8 Å². The van der Waals surface area contributed by atoms with E-state index in [1.807, 2.05) is 12.1 Å². The number of ether oxygens (including phenoxy) is 1. The third-order valence-electron chi connectivity index (χ3n) is 3.52. The lowest BCUT2D eigenvalue weighted by atomic mass is 10.1. The third-order valence-corrected chi connectivity index (χ3v) is 4.26. The van der Waals surface area contributed by atoms with E-state index in [1.165, 1.54) is 10.5 Å². The van der Waals surface area contributed by atoms with Gasteiger partial charge in [-0.3, -0.25) is 0 Å². The highest BCUT2D eigenvalue weighted by Crippen LogP contribution is 2.29. The number of thioether (sulfide) groups is 1. The van der Waals surface area contributed by atoms with Crippen molar-refractivity contribution in [2.24, 2.45) is 0 Å². The van der Waals surface area contributed by atoms with Crippen LogP contribution >= 0.6 is 11.8 Å². The van der Waals surface area contributed by atoms with Crippen molar-refractivity contribution in [2.75, 3.05) is 13.4 Å². The van der Waals surface area contributed by atoms with Crippen LogP contribution in [0.25, 0.3) is 0 Å². The van der Waals surface area contributed by atoms with Gasteiger partial charge in [-0.15, -0.1) is 11.8 Å². The number of para-hydroxylation sites is 1. The topological polar surface area (TPSA) is 41.5 Å². The molecule has 0 radical (unpaired) electrons. The number of hydrogen-bond acceptors (Lipinski definition) is 4. The van der Waals surface area contributed by atoms with E-state index in [0.29, 0.717) is 12.3 Å². The molecule has 1 unspecified atom stereocenters. The minimum atomic E-state index is 0.206. The standard InChI is InChI=1S/C17H21NO2S/c1-12(13-7-9-15(21-3)10-8-13)18-11-14-5-4-6-16(20-2)17(14)19/h4-10,12,18-19H,11H2,1-3H3. The molecule has 0 fully saturated rings. The zero-order valence-electron chi connectivity index (χ0n) is 12.6. The molecule has 0 saturated heterocycles. The van der Waals surface area contributed by atoms with Crippen molar-refractivity contribution in [1.82, 2.24) is 5.32 Å². The number of methoxy groups -OCH3 is 1. The molecule has 2 aromatic carbocycles. The highest BCUT2D eigenvalue weighted by atomic mass is 32.2. The van der Waals surface area contributed by atoms with Gasteiger partial charge in [0.1, 0.15) is 0 Å². The van der Waals surface area contributed by atoms with Crippen molar-refractivity contribution < 1.29 is 9.84 Å². The second-order valence-corrected chi connectivity index (χ2v) is 5.72. The first-order valence-electron chi connectivity index (χ1n) is 6.88. The number of benzene rings is 2. The maximum Gasteiger partial charge on any atom is 0.162 e. The Balaban J connectivity index is 2.01. The second kappa shape index (κ2) is 7.38. The first-order valence-corrected chi connectivity index (χ1v) is 8.10. The van der Waals surface area contributed by atoms with Crippen LogP contribution in [0, 0.1) is 0 Å². The van der Waals surface area contributed by atoms with E-state index in [9.17, 15) is 5.11 Å². The van der Waals surface area contributed by atoms with Crippen molar-refractivity contribution in [3.05, 3.63) is 53.6 Å². The number of hydrogen-bond donors (Lipinski definition) is 2. The average molecular weight is 303 g/mol. The minimum absolute atomic E-state index is 0.206. The van der Waals surface area contributed by atoms with Gasteiger partial charge in [-0.1, -0.05) is 24.3 Å². The Morgan fingerprint density at radius 3 is 2.52 bits per heavy atom. The van der Waals surface area contributed by atoms with Crippen molar-refractivity contribution in [1.29, 1.82) is 0 Å². The first kappa shape index (κ1) is 15.7. The van der Waals surface area contributed by atoms with E-state index in [4.69, 9.17) is 4.74 Å². The highest BCUT2D eigenvalue weighted by Gasteiger charge is 2.09. The van der Waals surface area contributed by atoms with Crippen LogP contribution < -0.4 is 10.1 Å². The van der Waals surface area contributed by atoms with Crippen LogP contribution in [0.3, 0.4) is 0 Å². The zero-order valence-corrected chi connectivity index (χ0v) is 13.4. The lowest BCUT2D eigenvalue weighted by Gasteiger charge is -2.16. The molecule has 0 saturated carbocycles. The Labute approximate surface area is 130 Å². The summed E-state index contributed by atoms with van der Waals surface area (Å²) in [5, 5.41) is 13.5. The molecule has 0 aliphatic rings. The lowest BCUT2D eigenvalue weighted by Crippen LogP contribution is -2.18. The second-order valence-electron chi connectivity index (χ2n) is 4.84. The van der Waals surface area contributed by atoms with Crippen LogP contribution in [-0.4, -0.2) is 18.5 Å². The molecule has 3 nitrogen and oxygen atoms in total. The average Bonchev–Trinajstić information content (AvgIpc) is 2.53. The molecule has 0 aromatic heterocycles. The number of rotatable bonds is 6. The molecule has 0 amide bonds. The summed E-state index contributed by atoms with van der Waals surface area (Å²) in [7, 11) is 1.56. The van der Waals surface area contributed by atoms with Gasteiger partial charge in [0.15, 0.2) is 11.5 Å². The summed E-state index contributed by atoms with van der Waals surface area (Å²) in [5.41, 5.74) is 2.07. The van der Waals surface area contributed by atoms with Gasteiger partial charge in [0.2, 0.25) is 0 Å². The molecule has 21 heavy (non-hydrogen) atoms. The molecule has 2 rings (SSSR count). The fourth-order valence-corrected chi connectivity index (χ4v) is 2.56. The fraction of sp³-hybridized carbons (Fsp3) is 0.294. The van der Waals surface area contributed by atoms with Gasteiger partial charge in [0.25, 0.3) is 0 Å². The van der Waals surface area contributed by atoms with E-state index in [0.717, 1.165) is 5.56 Å². The van der Waals surface area contributed by atoms with Gasteiger partial charge in [0, 0.05) is 23.0 Å². The summed E-state index contributed by atoms with van der Waals surface area (Å²) >= 11 is 1.74. The number of phenols is 1. The molecule has 0 aliphatic carbocycles. The predicted octanol–water partition coefficient (Wildman–Crippen LogP) is 3.97. The Hall–Kier alpha value is -1.65. The normalized spacial score (nSPS) is 12.1. The number of phenolic OH excluding ortho intramolecular Hbond substituents is 1. The Bertz CT molecular complexity index is 584. The minimum Gasteiger partial charge on any atom is -0.504 e. The summed E-state index contributed by atoms with van der Waals surface area (Å²) in [4.78, 5) is 1.26. The highest BCUT2D eigenvalue weighted by molar-refractivity contribution is 7.98. The number of aromatic hydroxyl groups is 1. The monoisotopic (exact) mass is 303 g/mol. The van der Waals surface area contributed by atoms with Crippen molar-refractivity contribution in [2.45, 2.75) is 24.4 Å². The molecule has 2 aromatic rings. The van der Waals surface area contributed by atoms with Crippen LogP contribution in [0.5, 0.6) is 11.5 Å². The SMILES string of the molecule is COc1cccc(CNC(C)c2ccc(SC)cc2)c1O. The molecule has 0 spiro atoms. The Morgan fingerprint density at radius 2 is 1.90 bits per heavy atom. The maximum absolute atomic E-state index is 10.1. The van der Waals surface area contributed by atoms with E-state index < -0.39 is 0 Å². The number of nitrogens with one attached hydrogen (secondary N) is 1. The summed E-state index contributed by atoms with van der Waals surface area (Å²) in [5.74, 6) is 0.712. The van der Waals surface area contributed by atoms with Gasteiger partial charge < -0.3 is 15.2 Å². The lowest BCUT2D eigenvalue weighted by molar-refractivity contribution is 0.369. The molecule has 1 atom stereocenters. The van der Waals surface area contributed by atoms with Gasteiger partial charge in [-0.2, -0.15) is 0 Å². The van der Waals surface area contributed by atoms with Crippen LogP contribution in [-0.2, 0) is 6.54 Å².